The van der Waals surface area contributed by atoms with Crippen LogP contribution in [0.2, 0.25) is 0 Å². The molecule has 0 aliphatic heterocycles. The Balaban J connectivity index is 1.23. The van der Waals surface area contributed by atoms with Crippen molar-refractivity contribution in [3.63, 3.8) is 0 Å². The van der Waals surface area contributed by atoms with E-state index in [4.69, 9.17) is 10.5 Å². The van der Waals surface area contributed by atoms with Crippen molar-refractivity contribution >= 4 is 16.8 Å². The molecule has 0 saturated heterocycles. The first-order valence-corrected chi connectivity index (χ1v) is 10.1. The Labute approximate surface area is 178 Å². The number of hydrogen-bond donors (Lipinski definition) is 3. The number of aromatic nitrogens is 2. The van der Waals surface area contributed by atoms with Crippen molar-refractivity contribution in [3.8, 4) is 11.6 Å². The molecule has 0 spiro atoms. The zero-order valence-electron chi connectivity index (χ0n) is 16.7. The van der Waals surface area contributed by atoms with Crippen LogP contribution in [0.1, 0.15) is 27.0 Å². The Morgan fingerprint density at radius 1 is 1.16 bits per heavy atom. The van der Waals surface area contributed by atoms with Gasteiger partial charge < -0.3 is 20.8 Å². The number of rotatable bonds is 6. The molecule has 2 aromatic carbocycles. The van der Waals surface area contributed by atoms with Gasteiger partial charge >= 0.3 is 0 Å². The van der Waals surface area contributed by atoms with Crippen LogP contribution >= 0.6 is 0 Å². The van der Waals surface area contributed by atoms with Crippen molar-refractivity contribution in [2.24, 2.45) is 5.73 Å². The lowest BCUT2D eigenvalue weighted by molar-refractivity contribution is 0.1000. The van der Waals surface area contributed by atoms with E-state index in [1.165, 1.54) is 23.4 Å². The molecule has 31 heavy (non-hydrogen) atoms. The van der Waals surface area contributed by atoms with Crippen LogP contribution in [-0.4, -0.2) is 21.9 Å². The Morgan fingerprint density at radius 3 is 2.84 bits per heavy atom. The van der Waals surface area contributed by atoms with Crippen LogP contribution in [-0.2, 0) is 19.4 Å². The van der Waals surface area contributed by atoms with Crippen LogP contribution in [0, 0.1) is 5.82 Å². The molecular formula is C24H21FN4O2. The molecule has 1 amide bonds. The van der Waals surface area contributed by atoms with Crippen molar-refractivity contribution in [1.29, 1.82) is 0 Å². The van der Waals surface area contributed by atoms with Crippen molar-refractivity contribution < 1.29 is 13.9 Å². The van der Waals surface area contributed by atoms with E-state index in [0.29, 0.717) is 29.8 Å². The van der Waals surface area contributed by atoms with Gasteiger partial charge in [-0.05, 0) is 65.9 Å². The fraction of sp³-hybridized carbons (Fsp3) is 0.167. The van der Waals surface area contributed by atoms with Crippen LogP contribution < -0.4 is 15.8 Å². The van der Waals surface area contributed by atoms with E-state index >= 15 is 0 Å². The maximum atomic E-state index is 13.6. The third-order valence-electron chi connectivity index (χ3n) is 5.66. The predicted octanol–water partition coefficient (Wildman–Crippen LogP) is 3.85. The number of nitrogens with two attached hydrogens (primary N) is 1. The molecule has 156 valence electrons. The van der Waals surface area contributed by atoms with E-state index in [0.717, 1.165) is 29.3 Å². The quantitative estimate of drug-likeness (QED) is 0.445. The predicted molar refractivity (Wildman–Crippen MR) is 116 cm³/mol. The number of carbonyl (C=O) groups excluding carboxylic acids is 1. The second-order valence-corrected chi connectivity index (χ2v) is 7.77. The number of nitrogens with zero attached hydrogens (tertiary/aromatic N) is 1. The van der Waals surface area contributed by atoms with Gasteiger partial charge in [-0.2, -0.15) is 0 Å². The van der Waals surface area contributed by atoms with E-state index in [2.05, 4.69) is 21.4 Å². The molecule has 1 atom stereocenters. The maximum absolute atomic E-state index is 13.6. The lowest BCUT2D eigenvalue weighted by Gasteiger charge is -2.11. The molecule has 0 radical (unpaired) electrons. The number of primary amides is 1. The molecule has 0 bridgehead atoms. The number of H-pyrrole nitrogens is 1. The number of halogens is 1. The van der Waals surface area contributed by atoms with Gasteiger partial charge in [-0.1, -0.05) is 6.07 Å². The number of amides is 1. The number of fused-ring (bicyclic) bond motifs is 2. The summed E-state index contributed by atoms with van der Waals surface area (Å²) in [6.07, 6.45) is 5.15. The summed E-state index contributed by atoms with van der Waals surface area (Å²) in [5.41, 5.74) is 10.1. The van der Waals surface area contributed by atoms with Gasteiger partial charge in [-0.25, -0.2) is 9.37 Å². The van der Waals surface area contributed by atoms with Gasteiger partial charge in [0, 0.05) is 41.9 Å². The summed E-state index contributed by atoms with van der Waals surface area (Å²) in [6, 6.07) is 14.3. The van der Waals surface area contributed by atoms with Gasteiger partial charge in [-0.3, -0.25) is 4.79 Å². The molecule has 1 aliphatic rings. The molecule has 0 fully saturated rings. The van der Waals surface area contributed by atoms with Gasteiger partial charge in [0.2, 0.25) is 11.8 Å². The first kappa shape index (κ1) is 19.3. The minimum absolute atomic E-state index is 0.229. The van der Waals surface area contributed by atoms with E-state index in [1.807, 2.05) is 18.3 Å². The van der Waals surface area contributed by atoms with Crippen LogP contribution in [0.3, 0.4) is 0 Å². The molecule has 1 unspecified atom stereocenters. The Kier molecular flexibility index (Phi) is 4.88. The summed E-state index contributed by atoms with van der Waals surface area (Å²) in [5.74, 6) is 0.357. The Bertz CT molecular complexity index is 1270. The molecule has 2 heterocycles. The highest BCUT2D eigenvalue weighted by molar-refractivity contribution is 5.92. The zero-order valence-corrected chi connectivity index (χ0v) is 16.7. The second kappa shape index (κ2) is 7.85. The molecule has 2 aromatic heterocycles. The SMILES string of the molecule is NC(=O)c1ccc(Oc2ccc3c(c2)CC(NCc2c[nH]c4ccc(F)cc24)C3)nc1. The zero-order chi connectivity index (χ0) is 21.4. The summed E-state index contributed by atoms with van der Waals surface area (Å²) in [7, 11) is 0. The summed E-state index contributed by atoms with van der Waals surface area (Å²) in [5, 5.41) is 4.50. The van der Waals surface area contributed by atoms with E-state index in [-0.39, 0.29) is 5.82 Å². The number of hydrogen-bond acceptors (Lipinski definition) is 4. The number of pyridine rings is 1. The highest BCUT2D eigenvalue weighted by Gasteiger charge is 2.22. The van der Waals surface area contributed by atoms with Crippen molar-refractivity contribution in [3.05, 3.63) is 89.0 Å². The van der Waals surface area contributed by atoms with Gasteiger partial charge in [0.05, 0.1) is 5.56 Å². The van der Waals surface area contributed by atoms with E-state index in [9.17, 15) is 9.18 Å². The third-order valence-corrected chi connectivity index (χ3v) is 5.66. The number of aromatic amines is 1. The summed E-state index contributed by atoms with van der Waals surface area (Å²) >= 11 is 0. The van der Waals surface area contributed by atoms with Crippen LogP contribution in [0.5, 0.6) is 11.6 Å². The van der Waals surface area contributed by atoms with Gasteiger partial charge in [0.25, 0.3) is 0 Å². The Morgan fingerprint density at radius 2 is 2.03 bits per heavy atom. The highest BCUT2D eigenvalue weighted by Crippen LogP contribution is 2.29. The summed E-state index contributed by atoms with van der Waals surface area (Å²) in [4.78, 5) is 18.5. The number of ether oxygens (including phenoxy) is 1. The minimum atomic E-state index is -0.520. The standard InChI is InChI=1S/C24H21FN4O2/c25-18-3-5-22-21(10-18)17(13-28-22)12-27-19-7-14-1-4-20(9-16(14)8-19)31-23-6-2-15(11-29-23)24(26)30/h1-6,9-11,13,19,27-28H,7-8,12H2,(H2,26,30). The normalized spacial score (nSPS) is 15.2. The molecule has 5 rings (SSSR count). The Hall–Kier alpha value is -3.71. The summed E-state index contributed by atoms with van der Waals surface area (Å²) < 4.78 is 19.4. The molecule has 7 heteroatoms. The highest BCUT2D eigenvalue weighted by atomic mass is 19.1. The third kappa shape index (κ3) is 4.00. The van der Waals surface area contributed by atoms with Crippen molar-refractivity contribution in [2.75, 3.05) is 0 Å². The lowest BCUT2D eigenvalue weighted by atomic mass is 10.1. The number of carbonyl (C=O) groups is 1. The molecule has 0 saturated carbocycles. The maximum Gasteiger partial charge on any atom is 0.250 e. The average Bonchev–Trinajstić information content (AvgIpc) is 3.35. The van der Waals surface area contributed by atoms with Crippen molar-refractivity contribution in [1.82, 2.24) is 15.3 Å². The number of nitrogens with one attached hydrogen (secondary N) is 2. The fourth-order valence-electron chi connectivity index (χ4n) is 4.06. The van der Waals surface area contributed by atoms with E-state index < -0.39 is 5.91 Å². The second-order valence-electron chi connectivity index (χ2n) is 7.77. The smallest absolute Gasteiger partial charge is 0.250 e. The first-order valence-electron chi connectivity index (χ1n) is 10.1. The molecular weight excluding hydrogens is 395 g/mol. The minimum Gasteiger partial charge on any atom is -0.439 e. The van der Waals surface area contributed by atoms with Crippen LogP contribution in [0.25, 0.3) is 10.9 Å². The molecule has 6 nitrogen and oxygen atoms in total. The van der Waals surface area contributed by atoms with Crippen molar-refractivity contribution in [2.45, 2.75) is 25.4 Å². The fourth-order valence-corrected chi connectivity index (χ4v) is 4.06. The first-order chi connectivity index (χ1) is 15.0. The number of benzene rings is 2. The topological polar surface area (TPSA) is 93.0 Å². The monoisotopic (exact) mass is 416 g/mol. The molecule has 4 aromatic rings. The lowest BCUT2D eigenvalue weighted by Crippen LogP contribution is -2.28. The molecule has 4 N–H and O–H groups in total. The van der Waals surface area contributed by atoms with Gasteiger partial charge in [0.1, 0.15) is 11.6 Å². The van der Waals surface area contributed by atoms with E-state index in [1.54, 1.807) is 24.3 Å². The van der Waals surface area contributed by atoms with Crippen LogP contribution in [0.15, 0.2) is 60.9 Å². The molecule has 1 aliphatic carbocycles. The summed E-state index contributed by atoms with van der Waals surface area (Å²) in [6.45, 7) is 0.668. The van der Waals surface area contributed by atoms with Gasteiger partial charge in [0.15, 0.2) is 0 Å². The van der Waals surface area contributed by atoms with Crippen LogP contribution in [0.4, 0.5) is 4.39 Å². The largest absolute Gasteiger partial charge is 0.439 e. The van der Waals surface area contributed by atoms with Gasteiger partial charge in [-0.15, -0.1) is 0 Å². The average molecular weight is 416 g/mol.